The molecule has 0 aliphatic heterocycles. The highest BCUT2D eigenvalue weighted by atomic mass is 16.3. The summed E-state index contributed by atoms with van der Waals surface area (Å²) in [5.74, 6) is -0.130. The number of amides is 2. The SMILES string of the molecule is Cc1nn(C)cc1C(=O)Nc1cn(C)nc1C(=O)NCc1ccco1. The van der Waals surface area contributed by atoms with Crippen LogP contribution in [0, 0.1) is 6.92 Å². The average Bonchev–Trinajstić information content (AvgIpc) is 3.26. The topological polar surface area (TPSA) is 107 Å². The second-order valence-electron chi connectivity index (χ2n) is 5.58. The van der Waals surface area contributed by atoms with Crippen molar-refractivity contribution in [3.63, 3.8) is 0 Å². The third-order valence-corrected chi connectivity index (χ3v) is 3.55. The molecule has 25 heavy (non-hydrogen) atoms. The highest BCUT2D eigenvalue weighted by Gasteiger charge is 2.20. The van der Waals surface area contributed by atoms with Gasteiger partial charge in [-0.05, 0) is 19.1 Å². The molecule has 0 unspecified atom stereocenters. The summed E-state index contributed by atoms with van der Waals surface area (Å²) in [5, 5.41) is 13.7. The van der Waals surface area contributed by atoms with Crippen LogP contribution in [0.1, 0.15) is 32.3 Å². The summed E-state index contributed by atoms with van der Waals surface area (Å²) in [7, 11) is 3.41. The van der Waals surface area contributed by atoms with E-state index in [1.165, 1.54) is 10.9 Å². The lowest BCUT2D eigenvalue weighted by atomic mass is 10.2. The van der Waals surface area contributed by atoms with Gasteiger partial charge in [-0.25, -0.2) is 0 Å². The highest BCUT2D eigenvalue weighted by Crippen LogP contribution is 2.16. The molecule has 0 aromatic carbocycles. The predicted molar refractivity (Wildman–Crippen MR) is 89.0 cm³/mol. The number of carbonyl (C=O) groups is 2. The van der Waals surface area contributed by atoms with Gasteiger partial charge in [0.1, 0.15) is 5.76 Å². The highest BCUT2D eigenvalue weighted by molar-refractivity contribution is 6.08. The molecule has 3 aromatic heterocycles. The first-order valence-electron chi connectivity index (χ1n) is 7.60. The number of carbonyl (C=O) groups excluding carboxylic acids is 2. The van der Waals surface area contributed by atoms with Gasteiger partial charge in [0.2, 0.25) is 0 Å². The number of hydrogen-bond acceptors (Lipinski definition) is 5. The molecule has 0 saturated carbocycles. The molecule has 3 rings (SSSR count). The fraction of sp³-hybridized carbons (Fsp3) is 0.250. The molecule has 0 atom stereocenters. The van der Waals surface area contributed by atoms with Crippen LogP contribution >= 0.6 is 0 Å². The van der Waals surface area contributed by atoms with E-state index in [0.29, 0.717) is 22.7 Å². The van der Waals surface area contributed by atoms with Crippen molar-refractivity contribution < 1.29 is 14.0 Å². The number of hydrogen-bond donors (Lipinski definition) is 2. The second-order valence-corrected chi connectivity index (χ2v) is 5.58. The third-order valence-electron chi connectivity index (χ3n) is 3.55. The van der Waals surface area contributed by atoms with Crippen molar-refractivity contribution in [2.75, 3.05) is 5.32 Å². The number of nitrogens with zero attached hydrogens (tertiary/aromatic N) is 4. The van der Waals surface area contributed by atoms with E-state index in [9.17, 15) is 9.59 Å². The fourth-order valence-electron chi connectivity index (χ4n) is 2.42. The number of aryl methyl sites for hydroxylation is 3. The van der Waals surface area contributed by atoms with Gasteiger partial charge >= 0.3 is 0 Å². The summed E-state index contributed by atoms with van der Waals surface area (Å²) >= 11 is 0. The molecule has 3 heterocycles. The van der Waals surface area contributed by atoms with Crippen molar-refractivity contribution in [3.05, 3.63) is 53.5 Å². The number of aromatic nitrogens is 4. The van der Waals surface area contributed by atoms with E-state index in [1.807, 2.05) is 0 Å². The molecule has 2 amide bonds. The van der Waals surface area contributed by atoms with Crippen molar-refractivity contribution in [3.8, 4) is 0 Å². The van der Waals surface area contributed by atoms with Gasteiger partial charge in [0.25, 0.3) is 11.8 Å². The Morgan fingerprint density at radius 3 is 2.56 bits per heavy atom. The number of rotatable bonds is 5. The minimum absolute atomic E-state index is 0.129. The summed E-state index contributed by atoms with van der Waals surface area (Å²) in [5.41, 5.74) is 1.50. The van der Waals surface area contributed by atoms with Crippen LogP contribution in [0.25, 0.3) is 0 Å². The molecular formula is C16H18N6O3. The molecule has 0 aliphatic rings. The first kappa shape index (κ1) is 16.5. The molecule has 2 N–H and O–H groups in total. The first-order valence-corrected chi connectivity index (χ1v) is 7.60. The lowest BCUT2D eigenvalue weighted by Gasteiger charge is -2.05. The Balaban J connectivity index is 1.75. The Hall–Kier alpha value is -3.36. The smallest absolute Gasteiger partial charge is 0.274 e. The monoisotopic (exact) mass is 342 g/mol. The fourth-order valence-corrected chi connectivity index (χ4v) is 2.42. The minimum Gasteiger partial charge on any atom is -0.467 e. The summed E-state index contributed by atoms with van der Waals surface area (Å²) in [6.45, 7) is 1.98. The van der Waals surface area contributed by atoms with Crippen molar-refractivity contribution in [1.82, 2.24) is 24.9 Å². The first-order chi connectivity index (χ1) is 11.9. The zero-order valence-corrected chi connectivity index (χ0v) is 14.1. The molecule has 0 spiro atoms. The standard InChI is InChI=1S/C16H18N6O3/c1-10-12(8-21(2)19-10)15(23)18-13-9-22(3)20-14(13)16(24)17-7-11-5-4-6-25-11/h4-6,8-9H,7H2,1-3H3,(H,17,24)(H,18,23). The van der Waals surface area contributed by atoms with Crippen molar-refractivity contribution >= 4 is 17.5 Å². The Bertz CT molecular complexity index is 907. The molecule has 130 valence electrons. The van der Waals surface area contributed by atoms with E-state index in [0.717, 1.165) is 0 Å². The minimum atomic E-state index is -0.407. The maximum atomic E-state index is 12.4. The lowest BCUT2D eigenvalue weighted by Crippen LogP contribution is -2.25. The van der Waals surface area contributed by atoms with Gasteiger partial charge in [-0.3, -0.25) is 19.0 Å². The summed E-state index contributed by atoms with van der Waals surface area (Å²) < 4.78 is 8.20. The molecule has 0 saturated heterocycles. The van der Waals surface area contributed by atoms with E-state index in [2.05, 4.69) is 20.8 Å². The Morgan fingerprint density at radius 2 is 1.92 bits per heavy atom. The van der Waals surface area contributed by atoms with Gasteiger partial charge in [0.15, 0.2) is 5.69 Å². The Labute approximate surface area is 143 Å². The van der Waals surface area contributed by atoms with Gasteiger partial charge in [0, 0.05) is 26.5 Å². The van der Waals surface area contributed by atoms with Crippen LogP contribution in [-0.4, -0.2) is 31.4 Å². The van der Waals surface area contributed by atoms with Gasteiger partial charge in [-0.15, -0.1) is 0 Å². The average molecular weight is 342 g/mol. The second kappa shape index (κ2) is 6.63. The molecule has 9 nitrogen and oxygen atoms in total. The lowest BCUT2D eigenvalue weighted by molar-refractivity contribution is 0.0943. The largest absolute Gasteiger partial charge is 0.467 e. The summed E-state index contributed by atoms with van der Waals surface area (Å²) in [6, 6.07) is 3.50. The van der Waals surface area contributed by atoms with Crippen LogP contribution in [0.15, 0.2) is 35.2 Å². The zero-order valence-electron chi connectivity index (χ0n) is 14.1. The van der Waals surface area contributed by atoms with Gasteiger partial charge < -0.3 is 15.1 Å². The summed E-state index contributed by atoms with van der Waals surface area (Å²) in [6.07, 6.45) is 4.73. The van der Waals surface area contributed by atoms with E-state index in [1.54, 1.807) is 50.2 Å². The van der Waals surface area contributed by atoms with E-state index in [-0.39, 0.29) is 18.1 Å². The predicted octanol–water partition coefficient (Wildman–Crippen LogP) is 1.24. The zero-order chi connectivity index (χ0) is 18.0. The molecule has 3 aromatic rings. The third kappa shape index (κ3) is 3.60. The molecule has 0 fully saturated rings. The normalized spacial score (nSPS) is 10.7. The van der Waals surface area contributed by atoms with Crippen LogP contribution < -0.4 is 10.6 Å². The molecule has 9 heteroatoms. The van der Waals surface area contributed by atoms with Crippen molar-refractivity contribution in [1.29, 1.82) is 0 Å². The van der Waals surface area contributed by atoms with Crippen LogP contribution in [0.3, 0.4) is 0 Å². The van der Waals surface area contributed by atoms with E-state index >= 15 is 0 Å². The number of nitrogens with one attached hydrogen (secondary N) is 2. The maximum Gasteiger partial charge on any atom is 0.274 e. The maximum absolute atomic E-state index is 12.4. The van der Waals surface area contributed by atoms with Crippen LogP contribution in [-0.2, 0) is 20.6 Å². The molecule has 0 bridgehead atoms. The number of furan rings is 1. The quantitative estimate of drug-likeness (QED) is 0.725. The molecule has 0 aliphatic carbocycles. The van der Waals surface area contributed by atoms with Gasteiger partial charge in [-0.2, -0.15) is 10.2 Å². The van der Waals surface area contributed by atoms with Crippen LogP contribution in [0.4, 0.5) is 5.69 Å². The van der Waals surface area contributed by atoms with E-state index in [4.69, 9.17) is 4.42 Å². The van der Waals surface area contributed by atoms with Crippen molar-refractivity contribution in [2.45, 2.75) is 13.5 Å². The van der Waals surface area contributed by atoms with E-state index < -0.39 is 5.91 Å². The van der Waals surface area contributed by atoms with Crippen LogP contribution in [0.5, 0.6) is 0 Å². The van der Waals surface area contributed by atoms with Crippen LogP contribution in [0.2, 0.25) is 0 Å². The summed E-state index contributed by atoms with van der Waals surface area (Å²) in [4.78, 5) is 24.8. The Morgan fingerprint density at radius 1 is 1.16 bits per heavy atom. The molecular weight excluding hydrogens is 324 g/mol. The Kier molecular flexibility index (Phi) is 4.38. The van der Waals surface area contributed by atoms with Gasteiger partial charge in [-0.1, -0.05) is 0 Å². The number of anilines is 1. The van der Waals surface area contributed by atoms with Gasteiger partial charge in [0.05, 0.1) is 29.8 Å². The molecule has 0 radical (unpaired) electrons. The van der Waals surface area contributed by atoms with Crippen molar-refractivity contribution in [2.24, 2.45) is 14.1 Å².